The molecule has 88 valence electrons. The lowest BCUT2D eigenvalue weighted by Gasteiger charge is -2.15. The normalized spacial score (nSPS) is 11.9. The molecule has 4 nitrogen and oxygen atoms in total. The maximum absolute atomic E-state index is 11.3. The predicted octanol–water partition coefficient (Wildman–Crippen LogP) is 1.51. The number of hydrogen-bond donors (Lipinski definition) is 1. The minimum absolute atomic E-state index is 0.00547. The molecule has 0 radical (unpaired) electrons. The van der Waals surface area contributed by atoms with Crippen molar-refractivity contribution in [3.05, 3.63) is 29.8 Å². The molecule has 1 atom stereocenters. The molecule has 0 heterocycles. The van der Waals surface area contributed by atoms with Crippen LogP contribution in [0.1, 0.15) is 18.9 Å². The molecule has 0 saturated carbocycles. The van der Waals surface area contributed by atoms with Crippen molar-refractivity contribution in [2.75, 3.05) is 7.11 Å². The molecule has 4 heteroatoms. The molecule has 1 aromatic carbocycles. The van der Waals surface area contributed by atoms with Crippen LogP contribution >= 0.6 is 0 Å². The van der Waals surface area contributed by atoms with E-state index in [0.717, 1.165) is 5.56 Å². The molecule has 1 unspecified atom stereocenters. The Morgan fingerprint density at radius 2 is 2.00 bits per heavy atom. The summed E-state index contributed by atoms with van der Waals surface area (Å²) in [6.45, 7) is 1.85. The van der Waals surface area contributed by atoms with Gasteiger partial charge in [0.25, 0.3) is 0 Å². The summed E-state index contributed by atoms with van der Waals surface area (Å²) in [5.74, 6) is 0.211. The second-order valence-corrected chi connectivity index (χ2v) is 3.34. The Morgan fingerprint density at radius 3 is 2.44 bits per heavy atom. The van der Waals surface area contributed by atoms with E-state index in [4.69, 9.17) is 9.84 Å². The summed E-state index contributed by atoms with van der Waals surface area (Å²) in [6, 6.07) is 6.94. The molecule has 16 heavy (non-hydrogen) atoms. The number of carbonyl (C=O) groups is 1. The highest BCUT2D eigenvalue weighted by atomic mass is 16.6. The van der Waals surface area contributed by atoms with E-state index in [-0.39, 0.29) is 12.6 Å². The van der Waals surface area contributed by atoms with Crippen LogP contribution in [0.5, 0.6) is 5.75 Å². The lowest BCUT2D eigenvalue weighted by molar-refractivity contribution is -0.148. The van der Waals surface area contributed by atoms with Crippen LogP contribution < -0.4 is 4.74 Å². The van der Waals surface area contributed by atoms with Gasteiger partial charge in [-0.1, -0.05) is 19.1 Å². The van der Waals surface area contributed by atoms with Crippen molar-refractivity contribution in [3.8, 4) is 5.75 Å². The Labute approximate surface area is 94.8 Å². The summed E-state index contributed by atoms with van der Waals surface area (Å²) in [6.07, 6.45) is -0.0287. The number of hydrogen-bond acceptors (Lipinski definition) is 4. The second-order valence-electron chi connectivity index (χ2n) is 3.34. The van der Waals surface area contributed by atoms with Crippen LogP contribution in [-0.2, 0) is 16.1 Å². The summed E-state index contributed by atoms with van der Waals surface area (Å²) in [7, 11) is 1.34. The van der Waals surface area contributed by atoms with Gasteiger partial charge < -0.3 is 14.6 Å². The average Bonchev–Trinajstić information content (AvgIpc) is 2.35. The Bertz CT molecular complexity index is 331. The zero-order valence-corrected chi connectivity index (χ0v) is 9.47. The van der Waals surface area contributed by atoms with Crippen molar-refractivity contribution in [2.24, 2.45) is 0 Å². The summed E-state index contributed by atoms with van der Waals surface area (Å²) in [4.78, 5) is 11.3. The fraction of sp³-hybridized carbons (Fsp3) is 0.417. The monoisotopic (exact) mass is 224 g/mol. The van der Waals surface area contributed by atoms with Gasteiger partial charge in [0, 0.05) is 0 Å². The summed E-state index contributed by atoms with van der Waals surface area (Å²) in [5, 5.41) is 8.87. The zero-order valence-electron chi connectivity index (χ0n) is 9.47. The number of benzene rings is 1. The molecule has 1 N–H and O–H groups in total. The van der Waals surface area contributed by atoms with Crippen LogP contribution in [-0.4, -0.2) is 24.3 Å². The van der Waals surface area contributed by atoms with E-state index in [1.54, 1.807) is 24.3 Å². The van der Waals surface area contributed by atoms with Gasteiger partial charge in [0.2, 0.25) is 0 Å². The Morgan fingerprint density at radius 1 is 1.38 bits per heavy atom. The van der Waals surface area contributed by atoms with Crippen molar-refractivity contribution in [2.45, 2.75) is 26.1 Å². The van der Waals surface area contributed by atoms with Crippen LogP contribution in [0.3, 0.4) is 0 Å². The smallest absolute Gasteiger partial charge is 0.347 e. The highest BCUT2D eigenvalue weighted by Crippen LogP contribution is 2.15. The standard InChI is InChI=1S/C12H16O4/c1-3-11(12(14)15-2)16-10-6-4-9(8-13)5-7-10/h4-7,11,13H,3,8H2,1-2H3. The molecule has 0 aliphatic rings. The minimum Gasteiger partial charge on any atom is -0.479 e. The molecule has 0 spiro atoms. The number of esters is 1. The minimum atomic E-state index is -0.579. The van der Waals surface area contributed by atoms with Gasteiger partial charge in [-0.2, -0.15) is 0 Å². The van der Waals surface area contributed by atoms with Crippen LogP contribution in [0.25, 0.3) is 0 Å². The quantitative estimate of drug-likeness (QED) is 0.770. The summed E-state index contributed by atoms with van der Waals surface area (Å²) >= 11 is 0. The number of rotatable bonds is 5. The maximum Gasteiger partial charge on any atom is 0.347 e. The van der Waals surface area contributed by atoms with E-state index in [9.17, 15) is 4.79 Å². The van der Waals surface area contributed by atoms with Crippen LogP contribution in [0.4, 0.5) is 0 Å². The molecule has 0 amide bonds. The fourth-order valence-corrected chi connectivity index (χ4v) is 1.27. The number of carbonyl (C=O) groups excluding carboxylic acids is 1. The molecule has 0 aliphatic heterocycles. The number of aliphatic hydroxyl groups is 1. The largest absolute Gasteiger partial charge is 0.479 e. The topological polar surface area (TPSA) is 55.8 Å². The number of methoxy groups -OCH3 is 1. The Balaban J connectivity index is 2.66. The first kappa shape index (κ1) is 12.5. The highest BCUT2D eigenvalue weighted by Gasteiger charge is 2.18. The third-order valence-electron chi connectivity index (χ3n) is 2.22. The van der Waals surface area contributed by atoms with Gasteiger partial charge in [-0.15, -0.1) is 0 Å². The third-order valence-corrected chi connectivity index (χ3v) is 2.22. The van der Waals surface area contributed by atoms with Crippen molar-refractivity contribution >= 4 is 5.97 Å². The fourth-order valence-electron chi connectivity index (χ4n) is 1.27. The van der Waals surface area contributed by atoms with Crippen LogP contribution in [0.15, 0.2) is 24.3 Å². The second kappa shape index (κ2) is 6.12. The van der Waals surface area contributed by atoms with Crippen LogP contribution in [0.2, 0.25) is 0 Å². The SMILES string of the molecule is CCC(Oc1ccc(CO)cc1)C(=O)OC. The molecule has 0 aromatic heterocycles. The molecular weight excluding hydrogens is 208 g/mol. The van der Waals surface area contributed by atoms with Gasteiger partial charge >= 0.3 is 5.97 Å². The summed E-state index contributed by atoms with van der Waals surface area (Å²) < 4.78 is 10.1. The first-order valence-corrected chi connectivity index (χ1v) is 5.15. The molecule has 0 fully saturated rings. The van der Waals surface area contributed by atoms with E-state index < -0.39 is 6.10 Å². The first-order valence-electron chi connectivity index (χ1n) is 5.15. The lowest BCUT2D eigenvalue weighted by Crippen LogP contribution is -2.27. The Hall–Kier alpha value is -1.55. The van der Waals surface area contributed by atoms with Gasteiger partial charge in [0.1, 0.15) is 5.75 Å². The third kappa shape index (κ3) is 3.24. The van der Waals surface area contributed by atoms with Crippen LogP contribution in [0, 0.1) is 0 Å². The van der Waals surface area contributed by atoms with Gasteiger partial charge in [0.15, 0.2) is 6.10 Å². The van der Waals surface area contributed by atoms with E-state index in [0.29, 0.717) is 12.2 Å². The highest BCUT2D eigenvalue weighted by molar-refractivity contribution is 5.74. The molecule has 1 rings (SSSR count). The van der Waals surface area contributed by atoms with Crippen molar-refractivity contribution in [3.63, 3.8) is 0 Å². The van der Waals surface area contributed by atoms with Crippen molar-refractivity contribution in [1.29, 1.82) is 0 Å². The Kier molecular flexibility index (Phi) is 4.79. The van der Waals surface area contributed by atoms with E-state index in [2.05, 4.69) is 4.74 Å². The predicted molar refractivity (Wildman–Crippen MR) is 59.1 cm³/mol. The first-order chi connectivity index (χ1) is 7.71. The van der Waals surface area contributed by atoms with Crippen molar-refractivity contribution < 1.29 is 19.4 Å². The van der Waals surface area contributed by atoms with Gasteiger partial charge in [-0.3, -0.25) is 0 Å². The molecule has 1 aromatic rings. The van der Waals surface area contributed by atoms with E-state index >= 15 is 0 Å². The number of aliphatic hydroxyl groups excluding tert-OH is 1. The van der Waals surface area contributed by atoms with E-state index in [1.807, 2.05) is 6.92 Å². The molecular formula is C12H16O4. The average molecular weight is 224 g/mol. The van der Waals surface area contributed by atoms with Crippen molar-refractivity contribution in [1.82, 2.24) is 0 Å². The van der Waals surface area contributed by atoms with Gasteiger partial charge in [-0.05, 0) is 24.1 Å². The molecule has 0 aliphatic carbocycles. The summed E-state index contributed by atoms with van der Waals surface area (Å²) in [5.41, 5.74) is 0.804. The maximum atomic E-state index is 11.3. The van der Waals surface area contributed by atoms with Gasteiger partial charge in [-0.25, -0.2) is 4.79 Å². The zero-order chi connectivity index (χ0) is 12.0. The van der Waals surface area contributed by atoms with Gasteiger partial charge in [0.05, 0.1) is 13.7 Å². The molecule has 0 saturated heterocycles. The number of ether oxygens (including phenoxy) is 2. The van der Waals surface area contributed by atoms with E-state index in [1.165, 1.54) is 7.11 Å². The lowest BCUT2D eigenvalue weighted by atomic mass is 10.2. The molecule has 0 bridgehead atoms.